The minimum atomic E-state index is -0.559. The van der Waals surface area contributed by atoms with Gasteiger partial charge >= 0.3 is 5.97 Å². The highest BCUT2D eigenvalue weighted by atomic mass is 35.5. The van der Waals surface area contributed by atoms with Crippen LogP contribution in [0.4, 0.5) is 5.69 Å². The molecule has 0 atom stereocenters. The lowest BCUT2D eigenvalue weighted by Gasteiger charge is -2.33. The van der Waals surface area contributed by atoms with Gasteiger partial charge in [-0.2, -0.15) is 5.10 Å². The van der Waals surface area contributed by atoms with E-state index < -0.39 is 11.5 Å². The van der Waals surface area contributed by atoms with Gasteiger partial charge in [0.15, 0.2) is 0 Å². The first kappa shape index (κ1) is 13.8. The molecule has 1 aromatic heterocycles. The van der Waals surface area contributed by atoms with E-state index in [-0.39, 0.29) is 23.7 Å². The Hall–Kier alpha value is -1.60. The maximum Gasteiger partial charge on any atom is 0.327 e. The summed E-state index contributed by atoms with van der Waals surface area (Å²) in [6.45, 7) is -0.260. The maximum atomic E-state index is 11.9. The second kappa shape index (κ2) is 5.58. The van der Waals surface area contributed by atoms with Crippen LogP contribution in [-0.4, -0.2) is 34.9 Å². The lowest BCUT2D eigenvalue weighted by Crippen LogP contribution is -2.44. The Morgan fingerprint density at radius 1 is 1.68 bits per heavy atom. The van der Waals surface area contributed by atoms with Crippen molar-refractivity contribution in [2.45, 2.75) is 31.5 Å². The van der Waals surface area contributed by atoms with E-state index in [0.29, 0.717) is 5.69 Å². The van der Waals surface area contributed by atoms with Crippen LogP contribution in [0.15, 0.2) is 11.0 Å². The van der Waals surface area contributed by atoms with Gasteiger partial charge in [-0.15, -0.1) is 0 Å². The summed E-state index contributed by atoms with van der Waals surface area (Å²) in [6.07, 6.45) is 3.10. The topological polar surface area (TPSA) is 99.2 Å². The number of nitrogens with one attached hydrogen (secondary N) is 1. The third kappa shape index (κ3) is 3.05. The quantitative estimate of drug-likeness (QED) is 0.754. The molecule has 0 bridgehead atoms. The van der Waals surface area contributed by atoms with Crippen molar-refractivity contribution in [1.82, 2.24) is 9.78 Å². The summed E-state index contributed by atoms with van der Waals surface area (Å²) >= 11 is 5.97. The number of methoxy groups -OCH3 is 1. The molecule has 1 fully saturated rings. The molecule has 3 N–H and O–H groups in total. The van der Waals surface area contributed by atoms with Gasteiger partial charge in [0, 0.05) is 12.1 Å². The molecular formula is C11H15ClN4O3. The molecule has 8 heteroatoms. The predicted octanol–water partition coefficient (Wildman–Crippen LogP) is -0.0287. The molecule has 0 aliphatic heterocycles. The molecule has 0 aromatic carbocycles. The van der Waals surface area contributed by atoms with E-state index >= 15 is 0 Å². The zero-order valence-electron chi connectivity index (χ0n) is 10.4. The van der Waals surface area contributed by atoms with E-state index in [1.54, 1.807) is 0 Å². The van der Waals surface area contributed by atoms with E-state index in [2.05, 4.69) is 15.2 Å². The van der Waals surface area contributed by atoms with E-state index in [1.807, 2.05) is 0 Å². The van der Waals surface area contributed by atoms with Gasteiger partial charge in [0.2, 0.25) is 0 Å². The van der Waals surface area contributed by atoms with Gasteiger partial charge in [-0.1, -0.05) is 11.6 Å². The van der Waals surface area contributed by atoms with Crippen molar-refractivity contribution in [2.24, 2.45) is 5.73 Å². The number of hydrogen-bond donors (Lipinski definition) is 2. The highest BCUT2D eigenvalue weighted by Gasteiger charge is 2.26. The number of halogens is 1. The number of nitrogens with two attached hydrogens (primary N) is 1. The first-order valence-corrected chi connectivity index (χ1v) is 6.23. The lowest BCUT2D eigenvalue weighted by molar-refractivity contribution is -0.141. The largest absolute Gasteiger partial charge is 0.468 e. The number of hydrogen-bond acceptors (Lipinski definition) is 6. The average molecular weight is 287 g/mol. The van der Waals surface area contributed by atoms with Gasteiger partial charge in [-0.05, 0) is 12.8 Å². The van der Waals surface area contributed by atoms with Crippen LogP contribution in [0, 0.1) is 0 Å². The van der Waals surface area contributed by atoms with E-state index in [4.69, 9.17) is 17.3 Å². The molecule has 1 aliphatic carbocycles. The number of nitrogens with zero attached hydrogens (tertiary/aromatic N) is 2. The zero-order valence-corrected chi connectivity index (χ0v) is 11.2. The minimum Gasteiger partial charge on any atom is -0.468 e. The van der Waals surface area contributed by atoms with Gasteiger partial charge in [0.05, 0.1) is 19.0 Å². The fourth-order valence-corrected chi connectivity index (χ4v) is 2.07. The lowest BCUT2D eigenvalue weighted by atomic mass is 9.87. The van der Waals surface area contributed by atoms with E-state index in [1.165, 1.54) is 13.3 Å². The summed E-state index contributed by atoms with van der Waals surface area (Å²) in [5.74, 6) is -0.559. The molecule has 104 valence electrons. The fourth-order valence-electron chi connectivity index (χ4n) is 1.86. The Labute approximate surface area is 114 Å². The highest BCUT2D eigenvalue weighted by Crippen LogP contribution is 2.24. The summed E-state index contributed by atoms with van der Waals surface area (Å²) in [5.41, 5.74) is 5.61. The van der Waals surface area contributed by atoms with Gasteiger partial charge in [-0.25, -0.2) is 4.68 Å². The van der Waals surface area contributed by atoms with Crippen molar-refractivity contribution in [3.8, 4) is 0 Å². The molecule has 0 amide bonds. The van der Waals surface area contributed by atoms with Crippen molar-refractivity contribution in [3.05, 3.63) is 21.6 Å². The first-order valence-electron chi connectivity index (χ1n) is 5.85. The van der Waals surface area contributed by atoms with Gasteiger partial charge in [0.25, 0.3) is 5.56 Å². The molecule has 0 unspecified atom stereocenters. The van der Waals surface area contributed by atoms with Crippen LogP contribution < -0.4 is 16.6 Å². The number of ether oxygens (including phenoxy) is 1. The van der Waals surface area contributed by atoms with Crippen LogP contribution in [0.2, 0.25) is 5.02 Å². The molecule has 0 radical (unpaired) electrons. The SMILES string of the molecule is COC(=O)Cn1ncc(NC2CC(N)C2)c(Cl)c1=O. The minimum absolute atomic E-state index is 0.0133. The number of esters is 1. The summed E-state index contributed by atoms with van der Waals surface area (Å²) in [5, 5.41) is 7.00. The van der Waals surface area contributed by atoms with Gasteiger partial charge < -0.3 is 15.8 Å². The molecule has 1 saturated carbocycles. The van der Waals surface area contributed by atoms with Gasteiger partial charge in [0.1, 0.15) is 11.6 Å². The molecule has 7 nitrogen and oxygen atoms in total. The van der Waals surface area contributed by atoms with Crippen molar-refractivity contribution >= 4 is 23.3 Å². The molecule has 0 spiro atoms. The number of anilines is 1. The highest BCUT2D eigenvalue weighted by molar-refractivity contribution is 6.32. The summed E-state index contributed by atoms with van der Waals surface area (Å²) in [6, 6.07) is 0.411. The zero-order chi connectivity index (χ0) is 14.0. The first-order chi connectivity index (χ1) is 9.01. The molecule has 19 heavy (non-hydrogen) atoms. The normalized spacial score (nSPS) is 21.6. The molecule has 1 aromatic rings. The molecular weight excluding hydrogens is 272 g/mol. The Balaban J connectivity index is 2.13. The predicted molar refractivity (Wildman–Crippen MR) is 70.1 cm³/mol. The van der Waals surface area contributed by atoms with Crippen molar-refractivity contribution in [2.75, 3.05) is 12.4 Å². The number of carbonyl (C=O) groups is 1. The number of carbonyl (C=O) groups excluding carboxylic acids is 1. The third-order valence-corrected chi connectivity index (χ3v) is 3.39. The van der Waals surface area contributed by atoms with Gasteiger partial charge in [-0.3, -0.25) is 9.59 Å². The molecule has 1 aliphatic rings. The third-order valence-electron chi connectivity index (χ3n) is 3.03. The van der Waals surface area contributed by atoms with Crippen LogP contribution in [-0.2, 0) is 16.1 Å². The Morgan fingerprint density at radius 2 is 2.37 bits per heavy atom. The fraction of sp³-hybridized carbons (Fsp3) is 0.545. The summed E-state index contributed by atoms with van der Waals surface area (Å²) in [4.78, 5) is 23.0. The van der Waals surface area contributed by atoms with Crippen LogP contribution in [0.25, 0.3) is 0 Å². The smallest absolute Gasteiger partial charge is 0.327 e. The van der Waals surface area contributed by atoms with Crippen molar-refractivity contribution < 1.29 is 9.53 Å². The van der Waals surface area contributed by atoms with Crippen LogP contribution >= 0.6 is 11.6 Å². The number of rotatable bonds is 4. The maximum absolute atomic E-state index is 11.9. The standard InChI is InChI=1S/C11H15ClN4O3/c1-19-9(17)5-16-11(18)10(12)8(4-14-16)15-7-2-6(13)3-7/h4,6-7,15H,2-3,5,13H2,1H3. The molecule has 0 saturated heterocycles. The Kier molecular flexibility index (Phi) is 4.06. The van der Waals surface area contributed by atoms with Crippen molar-refractivity contribution in [1.29, 1.82) is 0 Å². The van der Waals surface area contributed by atoms with Crippen molar-refractivity contribution in [3.63, 3.8) is 0 Å². The molecule has 2 rings (SSSR count). The van der Waals surface area contributed by atoms with Crippen LogP contribution in [0.3, 0.4) is 0 Å². The Morgan fingerprint density at radius 3 is 2.95 bits per heavy atom. The van der Waals surface area contributed by atoms with E-state index in [0.717, 1.165) is 17.5 Å². The number of aromatic nitrogens is 2. The van der Waals surface area contributed by atoms with Crippen LogP contribution in [0.1, 0.15) is 12.8 Å². The molecule has 1 heterocycles. The summed E-state index contributed by atoms with van der Waals surface area (Å²) in [7, 11) is 1.24. The monoisotopic (exact) mass is 286 g/mol. The van der Waals surface area contributed by atoms with Crippen LogP contribution in [0.5, 0.6) is 0 Å². The average Bonchev–Trinajstić information content (AvgIpc) is 2.36. The summed E-state index contributed by atoms with van der Waals surface area (Å²) < 4.78 is 5.44. The van der Waals surface area contributed by atoms with E-state index in [9.17, 15) is 9.59 Å². The Bertz CT molecular complexity index is 539. The second-order valence-corrected chi connectivity index (χ2v) is 4.86. The second-order valence-electron chi connectivity index (χ2n) is 4.48.